The second kappa shape index (κ2) is 2.02. The summed E-state index contributed by atoms with van der Waals surface area (Å²) in [6, 6.07) is -0.607. The van der Waals surface area contributed by atoms with Gasteiger partial charge < -0.3 is 15.7 Å². The number of rotatable bonds is 0. The van der Waals surface area contributed by atoms with E-state index in [0.717, 1.165) is 6.20 Å². The first-order valence-corrected chi connectivity index (χ1v) is 2.31. The Kier molecular flexibility index (Phi) is 1.35. The molecular weight excluding hydrogens is 127 g/mol. The highest BCUT2D eigenvalue weighted by atomic mass is 19.1. The second-order valence-electron chi connectivity index (χ2n) is 1.55. The lowest BCUT2D eigenvalue weighted by Gasteiger charge is -2.14. The number of amides is 2. The van der Waals surface area contributed by atoms with E-state index < -0.39 is 18.1 Å². The zero-order chi connectivity index (χ0) is 6.85. The van der Waals surface area contributed by atoms with Gasteiger partial charge in [0.25, 0.3) is 0 Å². The van der Waals surface area contributed by atoms with Crippen LogP contribution in [-0.2, 0) is 0 Å². The summed E-state index contributed by atoms with van der Waals surface area (Å²) in [4.78, 5) is 10.2. The molecule has 9 heavy (non-hydrogen) atoms. The average Bonchev–Trinajstić information content (AvgIpc) is 1.80. The van der Waals surface area contributed by atoms with Crippen molar-refractivity contribution in [3.8, 4) is 0 Å². The third kappa shape index (κ3) is 1.17. The fraction of sp³-hybridized carbons (Fsp3) is 0.250. The molecule has 1 rings (SSSR count). The Hall–Kier alpha value is -1.10. The Balaban J connectivity index is 2.67. The lowest BCUT2D eigenvalue weighted by molar-refractivity contribution is 0.142. The van der Waals surface area contributed by atoms with Gasteiger partial charge in [0, 0.05) is 6.20 Å². The summed E-state index contributed by atoms with van der Waals surface area (Å²) in [5.41, 5.74) is 0. The van der Waals surface area contributed by atoms with Crippen LogP contribution >= 0.6 is 0 Å². The first-order valence-electron chi connectivity index (χ1n) is 2.31. The van der Waals surface area contributed by atoms with Gasteiger partial charge in [-0.3, -0.25) is 0 Å². The van der Waals surface area contributed by atoms with E-state index >= 15 is 0 Å². The summed E-state index contributed by atoms with van der Waals surface area (Å²) in [5.74, 6) is -0.797. The highest BCUT2D eigenvalue weighted by Gasteiger charge is 2.17. The molecule has 1 aliphatic rings. The smallest absolute Gasteiger partial charge is 0.321 e. The van der Waals surface area contributed by atoms with E-state index in [9.17, 15) is 9.18 Å². The molecule has 5 heteroatoms. The second-order valence-corrected chi connectivity index (χ2v) is 1.55. The maximum absolute atomic E-state index is 12.1. The monoisotopic (exact) mass is 132 g/mol. The molecule has 1 heterocycles. The van der Waals surface area contributed by atoms with E-state index in [4.69, 9.17) is 5.11 Å². The lowest BCUT2D eigenvalue weighted by atomic mass is 10.4. The van der Waals surface area contributed by atoms with Crippen LogP contribution in [0.3, 0.4) is 0 Å². The molecule has 1 unspecified atom stereocenters. The van der Waals surface area contributed by atoms with Crippen LogP contribution in [-0.4, -0.2) is 17.4 Å². The summed E-state index contributed by atoms with van der Waals surface area (Å²) in [6.07, 6.45) is -0.678. The van der Waals surface area contributed by atoms with Gasteiger partial charge in [-0.05, 0) is 0 Å². The van der Waals surface area contributed by atoms with Crippen molar-refractivity contribution in [2.45, 2.75) is 6.23 Å². The van der Waals surface area contributed by atoms with Crippen molar-refractivity contribution in [1.82, 2.24) is 10.6 Å². The van der Waals surface area contributed by atoms with Crippen molar-refractivity contribution in [3.05, 3.63) is 12.0 Å². The molecule has 0 aromatic rings. The molecule has 0 aromatic heterocycles. The minimum atomic E-state index is -1.49. The lowest BCUT2D eigenvalue weighted by Crippen LogP contribution is -2.44. The van der Waals surface area contributed by atoms with Gasteiger partial charge in [0.1, 0.15) is 0 Å². The summed E-state index contributed by atoms with van der Waals surface area (Å²) in [5, 5.41) is 12.4. The molecule has 0 aromatic carbocycles. The molecule has 0 saturated carbocycles. The number of aliphatic hydroxyl groups excluding tert-OH is 1. The van der Waals surface area contributed by atoms with Gasteiger partial charge in [0.05, 0.1) is 0 Å². The standard InChI is InChI=1S/C4H5FN2O2/c5-2-1-6-4(9)7-3(2)8/h1,3,8H,(H2,6,7,9). The van der Waals surface area contributed by atoms with Crippen molar-refractivity contribution in [2.24, 2.45) is 0 Å². The molecule has 2 amide bonds. The largest absolute Gasteiger partial charge is 0.367 e. The number of urea groups is 1. The van der Waals surface area contributed by atoms with Crippen LogP contribution in [0.15, 0.2) is 12.0 Å². The fourth-order valence-electron chi connectivity index (χ4n) is 0.448. The van der Waals surface area contributed by atoms with Crippen LogP contribution < -0.4 is 10.6 Å². The predicted molar refractivity (Wildman–Crippen MR) is 26.9 cm³/mol. The minimum absolute atomic E-state index is 0.607. The number of carbonyl (C=O) groups is 1. The van der Waals surface area contributed by atoms with Crippen LogP contribution in [0.5, 0.6) is 0 Å². The van der Waals surface area contributed by atoms with E-state index in [1.807, 2.05) is 10.6 Å². The Labute approximate surface area is 50.4 Å². The third-order valence-corrected chi connectivity index (χ3v) is 0.870. The molecule has 0 aliphatic carbocycles. The molecule has 0 fully saturated rings. The van der Waals surface area contributed by atoms with Crippen molar-refractivity contribution in [2.75, 3.05) is 0 Å². The Morgan fingerprint density at radius 1 is 1.78 bits per heavy atom. The maximum atomic E-state index is 12.1. The van der Waals surface area contributed by atoms with Gasteiger partial charge in [-0.1, -0.05) is 0 Å². The molecular formula is C4H5FN2O2. The van der Waals surface area contributed by atoms with Gasteiger partial charge in [0.15, 0.2) is 12.1 Å². The average molecular weight is 132 g/mol. The molecule has 0 bridgehead atoms. The third-order valence-electron chi connectivity index (χ3n) is 0.870. The molecule has 0 saturated heterocycles. The van der Waals surface area contributed by atoms with Gasteiger partial charge in [-0.2, -0.15) is 0 Å². The van der Waals surface area contributed by atoms with Crippen molar-refractivity contribution in [1.29, 1.82) is 0 Å². The minimum Gasteiger partial charge on any atom is -0.367 e. The van der Waals surface area contributed by atoms with E-state index in [-0.39, 0.29) is 0 Å². The molecule has 0 spiro atoms. The van der Waals surface area contributed by atoms with E-state index in [2.05, 4.69) is 0 Å². The SMILES string of the molecule is O=C1NC=C(F)C(O)N1. The number of carbonyl (C=O) groups excluding carboxylic acids is 1. The number of aliphatic hydroxyl groups is 1. The first-order chi connectivity index (χ1) is 4.20. The number of halogens is 1. The highest BCUT2D eigenvalue weighted by Crippen LogP contribution is 2.01. The Morgan fingerprint density at radius 3 is 2.89 bits per heavy atom. The van der Waals surface area contributed by atoms with Crippen molar-refractivity contribution < 1.29 is 14.3 Å². The van der Waals surface area contributed by atoms with Gasteiger partial charge in [-0.25, -0.2) is 9.18 Å². The summed E-state index contributed by atoms with van der Waals surface area (Å²) in [7, 11) is 0. The van der Waals surface area contributed by atoms with Crippen LogP contribution in [0.25, 0.3) is 0 Å². The zero-order valence-corrected chi connectivity index (χ0v) is 4.39. The Morgan fingerprint density at radius 2 is 2.44 bits per heavy atom. The number of hydrogen-bond donors (Lipinski definition) is 3. The molecule has 4 nitrogen and oxygen atoms in total. The molecule has 50 valence electrons. The maximum Gasteiger partial charge on any atom is 0.321 e. The quantitative estimate of drug-likeness (QED) is 0.413. The molecule has 0 radical (unpaired) electrons. The molecule has 1 aliphatic heterocycles. The zero-order valence-electron chi connectivity index (χ0n) is 4.39. The van der Waals surface area contributed by atoms with Crippen LogP contribution in [0, 0.1) is 0 Å². The van der Waals surface area contributed by atoms with E-state index in [0.29, 0.717) is 0 Å². The summed E-state index contributed by atoms with van der Waals surface area (Å²) in [6.45, 7) is 0. The number of nitrogens with one attached hydrogen (secondary N) is 2. The van der Waals surface area contributed by atoms with E-state index in [1.54, 1.807) is 0 Å². The van der Waals surface area contributed by atoms with Gasteiger partial charge >= 0.3 is 6.03 Å². The van der Waals surface area contributed by atoms with Gasteiger partial charge in [0.2, 0.25) is 0 Å². The topological polar surface area (TPSA) is 61.4 Å². The number of hydrogen-bond acceptors (Lipinski definition) is 2. The van der Waals surface area contributed by atoms with Gasteiger partial charge in [-0.15, -0.1) is 0 Å². The summed E-state index contributed by atoms with van der Waals surface area (Å²) >= 11 is 0. The highest BCUT2D eigenvalue weighted by molar-refractivity contribution is 5.76. The molecule has 3 N–H and O–H groups in total. The predicted octanol–water partition coefficient (Wildman–Crippen LogP) is -0.572. The Bertz CT molecular complexity index is 168. The van der Waals surface area contributed by atoms with Crippen molar-refractivity contribution in [3.63, 3.8) is 0 Å². The van der Waals surface area contributed by atoms with Crippen LogP contribution in [0.1, 0.15) is 0 Å². The van der Waals surface area contributed by atoms with E-state index in [1.165, 1.54) is 0 Å². The fourth-order valence-corrected chi connectivity index (χ4v) is 0.448. The molecule has 1 atom stereocenters. The first kappa shape index (κ1) is 6.03. The van der Waals surface area contributed by atoms with Crippen molar-refractivity contribution >= 4 is 6.03 Å². The van der Waals surface area contributed by atoms with Crippen LogP contribution in [0.4, 0.5) is 9.18 Å². The summed E-state index contributed by atoms with van der Waals surface area (Å²) < 4.78 is 12.1. The van der Waals surface area contributed by atoms with Crippen LogP contribution in [0.2, 0.25) is 0 Å². The normalized spacial score (nSPS) is 26.2.